The van der Waals surface area contributed by atoms with Crippen molar-refractivity contribution in [2.75, 3.05) is 18.0 Å². The van der Waals surface area contributed by atoms with Gasteiger partial charge in [-0.2, -0.15) is 13.2 Å². The molecule has 6 nitrogen and oxygen atoms in total. The van der Waals surface area contributed by atoms with Crippen LogP contribution in [-0.4, -0.2) is 35.3 Å². The number of pyridine rings is 1. The number of aromatic nitrogens is 1. The summed E-state index contributed by atoms with van der Waals surface area (Å²) in [4.78, 5) is 17.1. The molecular weight excluding hydrogens is 401 g/mol. The van der Waals surface area contributed by atoms with E-state index in [0.717, 1.165) is 28.9 Å². The third kappa shape index (κ3) is 3.92. The average molecular weight is 420 g/mol. The Kier molecular flexibility index (Phi) is 5.05. The lowest BCUT2D eigenvalue weighted by atomic mass is 10.0. The highest BCUT2D eigenvalue weighted by Gasteiger charge is 2.31. The summed E-state index contributed by atoms with van der Waals surface area (Å²) in [6.07, 6.45) is -2.41. The normalized spacial score (nSPS) is 15.5. The molecule has 1 aliphatic rings. The fraction of sp³-hybridized carbons (Fsp3) is 0.333. The third-order valence-electron chi connectivity index (χ3n) is 5.29. The minimum atomic E-state index is -4.42. The van der Waals surface area contributed by atoms with E-state index in [1.807, 2.05) is 13.0 Å². The minimum Gasteiger partial charge on any atom is -0.475 e. The molecule has 0 radical (unpaired) electrons. The summed E-state index contributed by atoms with van der Waals surface area (Å²) in [5, 5.41) is 9.88. The van der Waals surface area contributed by atoms with Gasteiger partial charge in [0.2, 0.25) is 11.6 Å². The van der Waals surface area contributed by atoms with Gasteiger partial charge in [0.25, 0.3) is 0 Å². The molecule has 0 saturated carbocycles. The smallest absolute Gasteiger partial charge is 0.417 e. The number of hydrogen-bond acceptors (Lipinski definition) is 5. The number of benzene rings is 1. The maximum Gasteiger partial charge on any atom is 0.417 e. The molecule has 158 valence electrons. The fourth-order valence-corrected chi connectivity index (χ4v) is 3.69. The molecule has 4 rings (SSSR count). The standard InChI is InChI=1S/C21H19F3N2O4/c1-12-15-10-18(20(27)28)30-17(15)4-3-16(12)26-8-6-14(7-9-26)29-19-5-2-13(11-25-19)21(22,23)24/h2-5,10-11,14H,6-9H2,1H3,(H,27,28). The monoisotopic (exact) mass is 420 g/mol. The highest BCUT2D eigenvalue weighted by atomic mass is 19.4. The van der Waals surface area contributed by atoms with E-state index >= 15 is 0 Å². The van der Waals surface area contributed by atoms with E-state index < -0.39 is 17.7 Å². The van der Waals surface area contributed by atoms with Crippen molar-refractivity contribution >= 4 is 22.6 Å². The van der Waals surface area contributed by atoms with Crippen LogP contribution in [0.5, 0.6) is 5.88 Å². The van der Waals surface area contributed by atoms with Gasteiger partial charge in [0.15, 0.2) is 0 Å². The predicted molar refractivity (Wildman–Crippen MR) is 103 cm³/mol. The molecule has 30 heavy (non-hydrogen) atoms. The van der Waals surface area contributed by atoms with Crippen molar-refractivity contribution in [3.05, 3.63) is 53.4 Å². The lowest BCUT2D eigenvalue weighted by molar-refractivity contribution is -0.137. The van der Waals surface area contributed by atoms with E-state index in [1.165, 1.54) is 12.1 Å². The zero-order valence-corrected chi connectivity index (χ0v) is 16.1. The first-order valence-electron chi connectivity index (χ1n) is 9.43. The second-order valence-electron chi connectivity index (χ2n) is 7.22. The summed E-state index contributed by atoms with van der Waals surface area (Å²) in [5.41, 5.74) is 1.65. The molecule has 9 heteroatoms. The lowest BCUT2D eigenvalue weighted by Crippen LogP contribution is -2.38. The first-order valence-corrected chi connectivity index (χ1v) is 9.43. The number of ether oxygens (including phenoxy) is 1. The van der Waals surface area contributed by atoms with Gasteiger partial charge in [-0.25, -0.2) is 9.78 Å². The summed E-state index contributed by atoms with van der Waals surface area (Å²) < 4.78 is 49.0. The number of carbonyl (C=O) groups is 1. The number of rotatable bonds is 4. The Morgan fingerprint density at radius 3 is 2.57 bits per heavy atom. The molecule has 0 spiro atoms. The lowest BCUT2D eigenvalue weighted by Gasteiger charge is -2.34. The Morgan fingerprint density at radius 1 is 1.23 bits per heavy atom. The molecule has 0 unspecified atom stereocenters. The maximum absolute atomic E-state index is 12.6. The van der Waals surface area contributed by atoms with Crippen molar-refractivity contribution in [1.82, 2.24) is 4.98 Å². The number of aromatic carboxylic acids is 1. The highest BCUT2D eigenvalue weighted by molar-refractivity contribution is 5.94. The number of halogens is 3. The number of alkyl halides is 3. The van der Waals surface area contributed by atoms with Crippen LogP contribution in [0.15, 0.2) is 40.9 Å². The number of nitrogens with zero attached hydrogens (tertiary/aromatic N) is 2. The molecule has 1 saturated heterocycles. The molecule has 1 aromatic carbocycles. The summed E-state index contributed by atoms with van der Waals surface area (Å²) in [6, 6.07) is 7.41. The quantitative estimate of drug-likeness (QED) is 0.647. The molecule has 1 fully saturated rings. The van der Waals surface area contributed by atoms with Crippen LogP contribution in [0.1, 0.15) is 34.5 Å². The molecule has 3 aromatic rings. The maximum atomic E-state index is 12.6. The fourth-order valence-electron chi connectivity index (χ4n) is 3.69. The number of piperidine rings is 1. The Balaban J connectivity index is 1.42. The molecule has 0 bridgehead atoms. The van der Waals surface area contributed by atoms with Gasteiger partial charge in [0, 0.05) is 49.3 Å². The average Bonchev–Trinajstić information content (AvgIpc) is 3.15. The molecule has 0 aliphatic carbocycles. The number of carboxylic acids is 1. The molecule has 1 aliphatic heterocycles. The van der Waals surface area contributed by atoms with Gasteiger partial charge in [-0.05, 0) is 36.8 Å². The van der Waals surface area contributed by atoms with Crippen LogP contribution in [-0.2, 0) is 6.18 Å². The van der Waals surface area contributed by atoms with Crippen molar-refractivity contribution in [2.45, 2.75) is 32.0 Å². The number of anilines is 1. The van der Waals surface area contributed by atoms with Crippen LogP contribution in [0.3, 0.4) is 0 Å². The van der Waals surface area contributed by atoms with Crippen molar-refractivity contribution in [1.29, 1.82) is 0 Å². The molecule has 1 N–H and O–H groups in total. The molecule has 2 aromatic heterocycles. The van der Waals surface area contributed by atoms with Crippen LogP contribution in [0.25, 0.3) is 11.0 Å². The van der Waals surface area contributed by atoms with Gasteiger partial charge in [-0.15, -0.1) is 0 Å². The van der Waals surface area contributed by atoms with Gasteiger partial charge in [-0.3, -0.25) is 0 Å². The van der Waals surface area contributed by atoms with Crippen LogP contribution in [0.2, 0.25) is 0 Å². The van der Waals surface area contributed by atoms with Crippen LogP contribution in [0, 0.1) is 6.92 Å². The van der Waals surface area contributed by atoms with Crippen molar-refractivity contribution in [3.8, 4) is 5.88 Å². The zero-order valence-electron chi connectivity index (χ0n) is 16.1. The van der Waals surface area contributed by atoms with Crippen LogP contribution in [0.4, 0.5) is 18.9 Å². The number of hydrogen-bond donors (Lipinski definition) is 1. The summed E-state index contributed by atoms with van der Waals surface area (Å²) in [6.45, 7) is 3.32. The molecule has 0 atom stereocenters. The molecule has 0 amide bonds. The van der Waals surface area contributed by atoms with E-state index in [4.69, 9.17) is 14.3 Å². The Labute approximate surface area is 169 Å². The second kappa shape index (κ2) is 7.55. The number of carboxylic acid groups (broad SMARTS) is 1. The van der Waals surface area contributed by atoms with E-state index in [2.05, 4.69) is 9.88 Å². The predicted octanol–water partition coefficient (Wildman–Crippen LogP) is 4.90. The molecule has 3 heterocycles. The van der Waals surface area contributed by atoms with Gasteiger partial charge >= 0.3 is 12.1 Å². The molecular formula is C21H19F3N2O4. The van der Waals surface area contributed by atoms with Gasteiger partial charge in [-0.1, -0.05) is 0 Å². The van der Waals surface area contributed by atoms with Gasteiger partial charge in [0.1, 0.15) is 11.7 Å². The van der Waals surface area contributed by atoms with Crippen molar-refractivity contribution in [3.63, 3.8) is 0 Å². The Hall–Kier alpha value is -3.23. The second-order valence-corrected chi connectivity index (χ2v) is 7.22. The third-order valence-corrected chi connectivity index (χ3v) is 5.29. The van der Waals surface area contributed by atoms with Gasteiger partial charge < -0.3 is 19.2 Å². The topological polar surface area (TPSA) is 75.8 Å². The number of fused-ring (bicyclic) bond motifs is 1. The highest BCUT2D eigenvalue weighted by Crippen LogP contribution is 2.33. The van der Waals surface area contributed by atoms with Crippen molar-refractivity contribution in [2.24, 2.45) is 0 Å². The summed E-state index contributed by atoms with van der Waals surface area (Å²) in [5.74, 6) is -1.03. The SMILES string of the molecule is Cc1c(N2CCC(Oc3ccc(C(F)(F)F)cn3)CC2)ccc2oc(C(=O)O)cc12. The largest absolute Gasteiger partial charge is 0.475 e. The van der Waals surface area contributed by atoms with Crippen LogP contribution < -0.4 is 9.64 Å². The van der Waals surface area contributed by atoms with E-state index in [0.29, 0.717) is 31.5 Å². The zero-order chi connectivity index (χ0) is 21.5. The van der Waals surface area contributed by atoms with Crippen molar-refractivity contribution < 1.29 is 32.2 Å². The number of furan rings is 1. The van der Waals surface area contributed by atoms with E-state index in [-0.39, 0.29) is 17.7 Å². The first-order chi connectivity index (χ1) is 14.2. The summed E-state index contributed by atoms with van der Waals surface area (Å²) >= 11 is 0. The first kappa shape index (κ1) is 20.1. The number of aryl methyl sites for hydroxylation is 1. The van der Waals surface area contributed by atoms with Gasteiger partial charge in [0.05, 0.1) is 5.56 Å². The minimum absolute atomic E-state index is 0.0959. The van der Waals surface area contributed by atoms with E-state index in [9.17, 15) is 18.0 Å². The Bertz CT molecular complexity index is 1070. The van der Waals surface area contributed by atoms with E-state index in [1.54, 1.807) is 6.07 Å². The Morgan fingerprint density at radius 2 is 1.97 bits per heavy atom. The van der Waals surface area contributed by atoms with Crippen LogP contribution >= 0.6 is 0 Å². The summed E-state index contributed by atoms with van der Waals surface area (Å²) in [7, 11) is 0.